The number of aromatic nitrogens is 4. The summed E-state index contributed by atoms with van der Waals surface area (Å²) in [5.41, 5.74) is 3.00. The number of hydrogen-bond acceptors (Lipinski definition) is 5. The first-order chi connectivity index (χ1) is 9.85. The molecule has 0 aliphatic rings. The molecule has 2 aromatic heterocycles. The molecule has 0 saturated heterocycles. The van der Waals surface area contributed by atoms with Crippen LogP contribution in [-0.4, -0.2) is 27.2 Å². The second kappa shape index (κ2) is 5.40. The summed E-state index contributed by atoms with van der Waals surface area (Å²) < 4.78 is 0. The Morgan fingerprint density at radius 2 is 1.95 bits per heavy atom. The molecule has 1 aromatic carbocycles. The van der Waals surface area contributed by atoms with Gasteiger partial charge in [-0.15, -0.1) is 0 Å². The van der Waals surface area contributed by atoms with Gasteiger partial charge in [0, 0.05) is 30.6 Å². The van der Waals surface area contributed by atoms with Crippen LogP contribution >= 0.6 is 0 Å². The minimum atomic E-state index is 0.742. The van der Waals surface area contributed by atoms with Crippen molar-refractivity contribution in [2.75, 3.05) is 17.7 Å². The third kappa shape index (κ3) is 2.59. The van der Waals surface area contributed by atoms with Gasteiger partial charge in [0.2, 0.25) is 0 Å². The third-order valence-corrected chi connectivity index (χ3v) is 2.87. The second-order valence-electron chi connectivity index (χ2n) is 4.21. The van der Waals surface area contributed by atoms with Gasteiger partial charge in [0.15, 0.2) is 0 Å². The molecule has 0 aliphatic heterocycles. The van der Waals surface area contributed by atoms with Crippen molar-refractivity contribution in [3.8, 4) is 11.3 Å². The standard InChI is InChI=1S/C14H14N6/c1-15-13-8-14(17-9-16-13)19-11-4-2-3-10(7-11)12-5-6-18-20-12/h2-9H,1H3,(H,18,20)(H2,15,16,17,19). The van der Waals surface area contributed by atoms with Crippen LogP contribution in [0, 0.1) is 0 Å². The molecule has 0 radical (unpaired) electrons. The van der Waals surface area contributed by atoms with Crippen molar-refractivity contribution in [3.05, 3.63) is 48.9 Å². The number of hydrogen-bond donors (Lipinski definition) is 3. The largest absolute Gasteiger partial charge is 0.373 e. The summed E-state index contributed by atoms with van der Waals surface area (Å²) in [5.74, 6) is 1.51. The van der Waals surface area contributed by atoms with Gasteiger partial charge < -0.3 is 10.6 Å². The summed E-state index contributed by atoms with van der Waals surface area (Å²) in [6.07, 6.45) is 3.26. The monoisotopic (exact) mass is 266 g/mol. The minimum Gasteiger partial charge on any atom is -0.373 e. The molecule has 100 valence electrons. The summed E-state index contributed by atoms with van der Waals surface area (Å²) in [4.78, 5) is 8.27. The zero-order valence-corrected chi connectivity index (χ0v) is 11.0. The summed E-state index contributed by atoms with van der Waals surface area (Å²) >= 11 is 0. The van der Waals surface area contributed by atoms with Gasteiger partial charge in [-0.1, -0.05) is 12.1 Å². The van der Waals surface area contributed by atoms with E-state index in [1.165, 1.54) is 6.33 Å². The van der Waals surface area contributed by atoms with E-state index in [4.69, 9.17) is 0 Å². The highest BCUT2D eigenvalue weighted by Gasteiger charge is 2.02. The Morgan fingerprint density at radius 1 is 1.05 bits per heavy atom. The lowest BCUT2D eigenvalue weighted by Gasteiger charge is -2.08. The van der Waals surface area contributed by atoms with E-state index in [1.807, 2.05) is 43.4 Å². The van der Waals surface area contributed by atoms with Gasteiger partial charge in [0.25, 0.3) is 0 Å². The zero-order chi connectivity index (χ0) is 13.8. The van der Waals surface area contributed by atoms with E-state index < -0.39 is 0 Å². The average molecular weight is 266 g/mol. The summed E-state index contributed by atoms with van der Waals surface area (Å²) in [7, 11) is 1.82. The fraction of sp³-hybridized carbons (Fsp3) is 0.0714. The number of nitrogens with zero attached hydrogens (tertiary/aromatic N) is 3. The zero-order valence-electron chi connectivity index (χ0n) is 11.0. The Balaban J connectivity index is 1.85. The van der Waals surface area contributed by atoms with Crippen molar-refractivity contribution in [3.63, 3.8) is 0 Å². The molecule has 3 aromatic rings. The van der Waals surface area contributed by atoms with E-state index >= 15 is 0 Å². The summed E-state index contributed by atoms with van der Waals surface area (Å²) in [5, 5.41) is 13.1. The molecule has 0 fully saturated rings. The fourth-order valence-electron chi connectivity index (χ4n) is 1.89. The Bertz CT molecular complexity index is 692. The lowest BCUT2D eigenvalue weighted by atomic mass is 10.1. The van der Waals surface area contributed by atoms with Gasteiger partial charge in [0.05, 0.1) is 5.69 Å². The lowest BCUT2D eigenvalue weighted by molar-refractivity contribution is 1.10. The van der Waals surface area contributed by atoms with Crippen molar-refractivity contribution >= 4 is 17.3 Å². The smallest absolute Gasteiger partial charge is 0.135 e. The third-order valence-electron chi connectivity index (χ3n) is 2.87. The fourth-order valence-corrected chi connectivity index (χ4v) is 1.89. The molecule has 0 aliphatic carbocycles. The molecule has 0 spiro atoms. The van der Waals surface area contributed by atoms with Crippen molar-refractivity contribution in [2.24, 2.45) is 0 Å². The molecule has 3 rings (SSSR count). The number of H-pyrrole nitrogens is 1. The van der Waals surface area contributed by atoms with Crippen LogP contribution in [0.2, 0.25) is 0 Å². The van der Waals surface area contributed by atoms with Crippen LogP contribution in [0.3, 0.4) is 0 Å². The van der Waals surface area contributed by atoms with Crippen LogP contribution < -0.4 is 10.6 Å². The Morgan fingerprint density at radius 3 is 2.75 bits per heavy atom. The predicted octanol–water partition coefficient (Wildman–Crippen LogP) is 2.65. The SMILES string of the molecule is CNc1cc(Nc2cccc(-c3ccn[nH]3)c2)ncn1. The quantitative estimate of drug-likeness (QED) is 0.676. The van der Waals surface area contributed by atoms with Crippen molar-refractivity contribution in [1.82, 2.24) is 20.2 Å². The highest BCUT2D eigenvalue weighted by Crippen LogP contribution is 2.22. The van der Waals surface area contributed by atoms with Crippen molar-refractivity contribution in [2.45, 2.75) is 0 Å². The maximum atomic E-state index is 4.19. The highest BCUT2D eigenvalue weighted by molar-refractivity contribution is 5.68. The first-order valence-electron chi connectivity index (χ1n) is 6.22. The molecule has 0 atom stereocenters. The molecule has 2 heterocycles. The number of benzene rings is 1. The minimum absolute atomic E-state index is 0.742. The lowest BCUT2D eigenvalue weighted by Crippen LogP contribution is -1.98. The van der Waals surface area contributed by atoms with Crippen LogP contribution in [0.15, 0.2) is 48.9 Å². The van der Waals surface area contributed by atoms with Crippen LogP contribution in [0.25, 0.3) is 11.3 Å². The number of anilines is 3. The van der Waals surface area contributed by atoms with E-state index in [-0.39, 0.29) is 0 Å². The van der Waals surface area contributed by atoms with Gasteiger partial charge in [0.1, 0.15) is 18.0 Å². The maximum absolute atomic E-state index is 4.19. The first-order valence-corrected chi connectivity index (χ1v) is 6.22. The van der Waals surface area contributed by atoms with E-state index in [1.54, 1.807) is 6.20 Å². The number of nitrogens with one attached hydrogen (secondary N) is 3. The van der Waals surface area contributed by atoms with Crippen LogP contribution in [-0.2, 0) is 0 Å². The molecule has 0 bridgehead atoms. The van der Waals surface area contributed by atoms with E-state index in [2.05, 4.69) is 30.8 Å². The normalized spacial score (nSPS) is 10.2. The van der Waals surface area contributed by atoms with E-state index in [0.29, 0.717) is 0 Å². The Labute approximate surface area is 116 Å². The number of rotatable bonds is 4. The second-order valence-corrected chi connectivity index (χ2v) is 4.21. The molecule has 3 N–H and O–H groups in total. The van der Waals surface area contributed by atoms with E-state index in [9.17, 15) is 0 Å². The van der Waals surface area contributed by atoms with Crippen LogP contribution in [0.1, 0.15) is 0 Å². The average Bonchev–Trinajstić information content (AvgIpc) is 3.02. The van der Waals surface area contributed by atoms with Gasteiger partial charge >= 0.3 is 0 Å². The van der Waals surface area contributed by atoms with Crippen molar-refractivity contribution in [1.29, 1.82) is 0 Å². The first kappa shape index (κ1) is 12.2. The summed E-state index contributed by atoms with van der Waals surface area (Å²) in [6.45, 7) is 0. The van der Waals surface area contributed by atoms with Gasteiger partial charge in [-0.25, -0.2) is 9.97 Å². The predicted molar refractivity (Wildman–Crippen MR) is 78.9 cm³/mol. The highest BCUT2D eigenvalue weighted by atomic mass is 15.1. The molecule has 0 unspecified atom stereocenters. The molecule has 0 saturated carbocycles. The Hall–Kier alpha value is -2.89. The molecular formula is C14H14N6. The number of aromatic amines is 1. The van der Waals surface area contributed by atoms with Crippen LogP contribution in [0.4, 0.5) is 17.3 Å². The Kier molecular flexibility index (Phi) is 3.28. The topological polar surface area (TPSA) is 78.5 Å². The summed E-state index contributed by atoms with van der Waals surface area (Å²) in [6, 6.07) is 11.8. The molecule has 6 heteroatoms. The van der Waals surface area contributed by atoms with Gasteiger partial charge in [-0.3, -0.25) is 5.10 Å². The maximum Gasteiger partial charge on any atom is 0.135 e. The van der Waals surface area contributed by atoms with Crippen LogP contribution in [0.5, 0.6) is 0 Å². The van der Waals surface area contributed by atoms with Crippen molar-refractivity contribution < 1.29 is 0 Å². The molecule has 0 amide bonds. The van der Waals surface area contributed by atoms with Gasteiger partial charge in [-0.2, -0.15) is 5.10 Å². The molecule has 6 nitrogen and oxygen atoms in total. The van der Waals surface area contributed by atoms with Gasteiger partial charge in [-0.05, 0) is 18.2 Å². The van der Waals surface area contributed by atoms with E-state index in [0.717, 1.165) is 28.6 Å². The molecular weight excluding hydrogens is 252 g/mol. The molecule has 20 heavy (non-hydrogen) atoms.